The smallest absolute Gasteiger partial charge is 0.320 e. The van der Waals surface area contributed by atoms with E-state index in [0.717, 1.165) is 6.20 Å². The van der Waals surface area contributed by atoms with E-state index in [1.807, 2.05) is 0 Å². The van der Waals surface area contributed by atoms with Crippen LogP contribution in [0.4, 0.5) is 5.69 Å². The van der Waals surface area contributed by atoms with Gasteiger partial charge in [0.05, 0.1) is 10.6 Å². The molecule has 2 aromatic heterocycles. The van der Waals surface area contributed by atoms with Gasteiger partial charge in [-0.05, 0) is 13.3 Å². The van der Waals surface area contributed by atoms with E-state index in [1.54, 1.807) is 6.92 Å². The molecule has 0 aromatic carbocycles. The topological polar surface area (TPSA) is 108 Å². The molecule has 0 saturated heterocycles. The number of nitrogens with zero attached hydrogens (tertiary/aromatic N) is 5. The van der Waals surface area contributed by atoms with Crippen LogP contribution in [0.3, 0.4) is 0 Å². The van der Waals surface area contributed by atoms with Crippen LogP contribution in [0.25, 0.3) is 0 Å². The SMILES string of the molecule is Cc1nn(CCCNC(=O)c2c([N+](=O)[O-])cnn2C)c(Cl)c1Cl. The fourth-order valence-corrected chi connectivity index (χ4v) is 2.41. The van der Waals surface area contributed by atoms with Gasteiger partial charge in [-0.25, -0.2) is 0 Å². The molecule has 2 rings (SSSR count). The number of rotatable bonds is 6. The Bertz CT molecular complexity index is 754. The average Bonchev–Trinajstić information content (AvgIpc) is 2.99. The number of aryl methyl sites for hydroxylation is 3. The van der Waals surface area contributed by atoms with E-state index in [1.165, 1.54) is 16.4 Å². The number of carbonyl (C=O) groups excluding carboxylic acids is 1. The lowest BCUT2D eigenvalue weighted by atomic mass is 10.3. The zero-order valence-electron chi connectivity index (χ0n) is 12.4. The summed E-state index contributed by atoms with van der Waals surface area (Å²) in [5.74, 6) is -0.558. The summed E-state index contributed by atoms with van der Waals surface area (Å²) in [5, 5.41) is 22.1. The number of amides is 1. The fraction of sp³-hybridized carbons (Fsp3) is 0.417. The van der Waals surface area contributed by atoms with Gasteiger partial charge in [-0.3, -0.25) is 24.3 Å². The molecule has 11 heteroatoms. The van der Waals surface area contributed by atoms with Crippen LogP contribution in [0, 0.1) is 17.0 Å². The molecular weight excluding hydrogens is 347 g/mol. The first-order valence-corrected chi connectivity index (χ1v) is 7.41. The monoisotopic (exact) mass is 360 g/mol. The van der Waals surface area contributed by atoms with Crippen molar-refractivity contribution in [2.45, 2.75) is 19.9 Å². The summed E-state index contributed by atoms with van der Waals surface area (Å²) in [7, 11) is 1.47. The molecule has 1 amide bonds. The highest BCUT2D eigenvalue weighted by molar-refractivity contribution is 6.41. The van der Waals surface area contributed by atoms with Gasteiger partial charge in [-0.15, -0.1) is 0 Å². The summed E-state index contributed by atoms with van der Waals surface area (Å²) in [4.78, 5) is 22.3. The van der Waals surface area contributed by atoms with Crippen molar-refractivity contribution in [3.8, 4) is 0 Å². The molecule has 2 aromatic rings. The van der Waals surface area contributed by atoms with E-state index in [-0.39, 0.29) is 11.4 Å². The summed E-state index contributed by atoms with van der Waals surface area (Å²) >= 11 is 11.9. The molecule has 1 N–H and O–H groups in total. The number of aromatic nitrogens is 4. The van der Waals surface area contributed by atoms with Crippen LogP contribution in [0.5, 0.6) is 0 Å². The number of nitro groups is 1. The predicted octanol–water partition coefficient (Wildman–Crippen LogP) is 1.96. The van der Waals surface area contributed by atoms with Gasteiger partial charge in [0.25, 0.3) is 5.91 Å². The minimum atomic E-state index is -0.643. The van der Waals surface area contributed by atoms with Crippen LogP contribution >= 0.6 is 23.2 Å². The molecule has 0 unspecified atom stereocenters. The van der Waals surface area contributed by atoms with Crippen LogP contribution in [0.15, 0.2) is 6.20 Å². The molecule has 0 aliphatic carbocycles. The number of hydrogen-bond donors (Lipinski definition) is 1. The van der Waals surface area contributed by atoms with Gasteiger partial charge in [0.1, 0.15) is 16.4 Å². The molecule has 2 heterocycles. The summed E-state index contributed by atoms with van der Waals surface area (Å²) in [6, 6.07) is 0. The van der Waals surface area contributed by atoms with Gasteiger partial charge in [0.15, 0.2) is 0 Å². The lowest BCUT2D eigenvalue weighted by Gasteiger charge is -2.06. The number of nitrogens with one attached hydrogen (secondary N) is 1. The Morgan fingerprint density at radius 2 is 2.17 bits per heavy atom. The van der Waals surface area contributed by atoms with Crippen molar-refractivity contribution in [2.75, 3.05) is 6.54 Å². The second-order valence-corrected chi connectivity index (χ2v) is 5.52. The molecule has 9 nitrogen and oxygen atoms in total. The normalized spacial score (nSPS) is 10.8. The van der Waals surface area contributed by atoms with Crippen molar-refractivity contribution in [1.82, 2.24) is 24.9 Å². The lowest BCUT2D eigenvalue weighted by Crippen LogP contribution is -2.28. The van der Waals surface area contributed by atoms with E-state index in [0.29, 0.717) is 35.4 Å². The molecule has 0 aliphatic heterocycles. The van der Waals surface area contributed by atoms with E-state index >= 15 is 0 Å². The fourth-order valence-electron chi connectivity index (χ4n) is 2.02. The van der Waals surface area contributed by atoms with E-state index < -0.39 is 10.8 Å². The van der Waals surface area contributed by atoms with E-state index in [9.17, 15) is 14.9 Å². The third-order valence-electron chi connectivity index (χ3n) is 3.16. The molecule has 0 saturated carbocycles. The number of halogens is 2. The van der Waals surface area contributed by atoms with Crippen LogP contribution in [0.2, 0.25) is 10.2 Å². The minimum Gasteiger partial charge on any atom is -0.350 e. The molecule has 0 bridgehead atoms. The molecule has 0 radical (unpaired) electrons. The van der Waals surface area contributed by atoms with Crippen LogP contribution < -0.4 is 5.32 Å². The largest absolute Gasteiger partial charge is 0.350 e. The Balaban J connectivity index is 1.92. The number of carbonyl (C=O) groups is 1. The van der Waals surface area contributed by atoms with Crippen molar-refractivity contribution in [1.29, 1.82) is 0 Å². The van der Waals surface area contributed by atoms with Gasteiger partial charge in [-0.1, -0.05) is 23.2 Å². The van der Waals surface area contributed by atoms with Crippen molar-refractivity contribution in [3.63, 3.8) is 0 Å². The molecular formula is C12H14Cl2N6O3. The molecule has 0 fully saturated rings. The standard InChI is InChI=1S/C12H14Cl2N6O3/c1-7-9(13)11(14)19(17-7)5-3-4-15-12(21)10-8(20(22)23)6-16-18(10)2/h6H,3-5H2,1-2H3,(H,15,21). The van der Waals surface area contributed by atoms with Gasteiger partial charge in [0.2, 0.25) is 5.69 Å². The van der Waals surface area contributed by atoms with Crippen LogP contribution in [-0.4, -0.2) is 36.9 Å². The maximum atomic E-state index is 12.0. The highest BCUT2D eigenvalue weighted by Crippen LogP contribution is 2.24. The van der Waals surface area contributed by atoms with Crippen molar-refractivity contribution in [2.24, 2.45) is 7.05 Å². The Labute approximate surface area is 141 Å². The maximum absolute atomic E-state index is 12.0. The summed E-state index contributed by atoms with van der Waals surface area (Å²) < 4.78 is 2.71. The van der Waals surface area contributed by atoms with Gasteiger partial charge in [-0.2, -0.15) is 10.2 Å². The first kappa shape index (κ1) is 17.2. The zero-order chi connectivity index (χ0) is 17.1. The summed E-state index contributed by atoms with van der Waals surface area (Å²) in [6.07, 6.45) is 1.58. The first-order valence-electron chi connectivity index (χ1n) is 6.66. The Morgan fingerprint density at radius 3 is 2.74 bits per heavy atom. The van der Waals surface area contributed by atoms with E-state index in [4.69, 9.17) is 23.2 Å². The van der Waals surface area contributed by atoms with Gasteiger partial charge < -0.3 is 5.32 Å². The third kappa shape index (κ3) is 3.62. The lowest BCUT2D eigenvalue weighted by molar-refractivity contribution is -0.385. The maximum Gasteiger partial charge on any atom is 0.320 e. The quantitative estimate of drug-likeness (QED) is 0.481. The van der Waals surface area contributed by atoms with Gasteiger partial charge in [0, 0.05) is 20.1 Å². The predicted molar refractivity (Wildman–Crippen MR) is 83.8 cm³/mol. The molecule has 0 aliphatic rings. The second kappa shape index (κ2) is 6.97. The first-order chi connectivity index (χ1) is 10.8. The molecule has 124 valence electrons. The Morgan fingerprint density at radius 1 is 1.48 bits per heavy atom. The third-order valence-corrected chi connectivity index (χ3v) is 4.09. The zero-order valence-corrected chi connectivity index (χ0v) is 13.9. The minimum absolute atomic E-state index is 0.0917. The van der Waals surface area contributed by atoms with E-state index in [2.05, 4.69) is 15.5 Å². The Kier molecular flexibility index (Phi) is 5.22. The molecule has 0 atom stereocenters. The summed E-state index contributed by atoms with van der Waals surface area (Å²) in [5.41, 5.74) is 0.208. The highest BCUT2D eigenvalue weighted by atomic mass is 35.5. The van der Waals surface area contributed by atoms with Crippen LogP contribution in [0.1, 0.15) is 22.6 Å². The summed E-state index contributed by atoms with van der Waals surface area (Å²) in [6.45, 7) is 2.50. The van der Waals surface area contributed by atoms with Crippen molar-refractivity contribution < 1.29 is 9.72 Å². The number of hydrogen-bond acceptors (Lipinski definition) is 5. The molecule has 0 spiro atoms. The molecule has 23 heavy (non-hydrogen) atoms. The van der Waals surface area contributed by atoms with Crippen molar-refractivity contribution in [3.05, 3.63) is 37.9 Å². The van der Waals surface area contributed by atoms with Crippen LogP contribution in [-0.2, 0) is 13.6 Å². The average molecular weight is 361 g/mol. The van der Waals surface area contributed by atoms with Crippen molar-refractivity contribution >= 4 is 34.8 Å². The van der Waals surface area contributed by atoms with Gasteiger partial charge >= 0.3 is 5.69 Å². The highest BCUT2D eigenvalue weighted by Gasteiger charge is 2.25. The second-order valence-electron chi connectivity index (χ2n) is 4.78. The Hall–Kier alpha value is -2.13.